The molecule has 0 aliphatic carbocycles. The smallest absolute Gasteiger partial charge is 0.335 e. The summed E-state index contributed by atoms with van der Waals surface area (Å²) in [6.45, 7) is 4.04. The minimum Gasteiger partial charge on any atom is -0.478 e. The molecule has 2 aromatic rings. The Kier molecular flexibility index (Phi) is 4.45. The zero-order valence-corrected chi connectivity index (χ0v) is 12.1. The molecule has 2 nitrogen and oxygen atoms in total. The van der Waals surface area contributed by atoms with Crippen molar-refractivity contribution in [3.63, 3.8) is 0 Å². The van der Waals surface area contributed by atoms with Crippen molar-refractivity contribution < 1.29 is 14.3 Å². The fraction of sp³-hybridized carbons (Fsp3) is 0.188. The Labute approximate surface area is 121 Å². The zero-order valence-electron chi connectivity index (χ0n) is 11.3. The molecule has 2 aromatic carbocycles. The summed E-state index contributed by atoms with van der Waals surface area (Å²) >= 11 is 1.32. The number of hydrogen-bond acceptors (Lipinski definition) is 2. The van der Waals surface area contributed by atoms with Crippen molar-refractivity contribution in [3.8, 4) is 0 Å². The normalized spacial score (nSPS) is 10.6. The molecule has 0 fully saturated rings. The van der Waals surface area contributed by atoms with E-state index in [0.29, 0.717) is 10.6 Å². The van der Waals surface area contributed by atoms with Gasteiger partial charge in [0.1, 0.15) is 5.82 Å². The quantitative estimate of drug-likeness (QED) is 0.846. The number of thioether (sulfide) groups is 1. The van der Waals surface area contributed by atoms with Gasteiger partial charge in [0.25, 0.3) is 0 Å². The first-order valence-electron chi connectivity index (χ1n) is 6.20. The van der Waals surface area contributed by atoms with E-state index in [1.165, 1.54) is 30.0 Å². The lowest BCUT2D eigenvalue weighted by Crippen LogP contribution is -1.97. The molecule has 0 aliphatic heterocycles. The van der Waals surface area contributed by atoms with Gasteiger partial charge < -0.3 is 5.11 Å². The first-order valence-corrected chi connectivity index (χ1v) is 7.18. The fourth-order valence-corrected chi connectivity index (χ4v) is 3.14. The van der Waals surface area contributed by atoms with E-state index in [-0.39, 0.29) is 11.4 Å². The van der Waals surface area contributed by atoms with Crippen LogP contribution in [-0.4, -0.2) is 11.1 Å². The molecule has 104 valence electrons. The Morgan fingerprint density at radius 3 is 2.45 bits per heavy atom. The van der Waals surface area contributed by atoms with E-state index in [9.17, 15) is 9.18 Å². The van der Waals surface area contributed by atoms with Crippen molar-refractivity contribution in [1.82, 2.24) is 0 Å². The average molecular weight is 290 g/mol. The summed E-state index contributed by atoms with van der Waals surface area (Å²) in [5.74, 6) is -0.802. The number of aryl methyl sites for hydroxylation is 2. The summed E-state index contributed by atoms with van der Waals surface area (Å²) in [4.78, 5) is 11.3. The van der Waals surface area contributed by atoms with Crippen molar-refractivity contribution in [2.75, 3.05) is 0 Å². The van der Waals surface area contributed by atoms with Crippen LogP contribution in [0, 0.1) is 19.7 Å². The van der Waals surface area contributed by atoms with Gasteiger partial charge in [0, 0.05) is 10.6 Å². The molecule has 0 aliphatic rings. The van der Waals surface area contributed by atoms with E-state index in [1.807, 2.05) is 32.0 Å². The van der Waals surface area contributed by atoms with Crippen molar-refractivity contribution in [3.05, 3.63) is 64.5 Å². The molecule has 0 amide bonds. The third-order valence-electron chi connectivity index (χ3n) is 3.19. The lowest BCUT2D eigenvalue weighted by atomic mass is 10.1. The summed E-state index contributed by atoms with van der Waals surface area (Å²) < 4.78 is 13.7. The minimum absolute atomic E-state index is 0.107. The summed E-state index contributed by atoms with van der Waals surface area (Å²) in [6.07, 6.45) is 0. The summed E-state index contributed by atoms with van der Waals surface area (Å²) in [5, 5.41) is 8.94. The van der Waals surface area contributed by atoms with E-state index in [0.717, 1.165) is 16.7 Å². The third kappa shape index (κ3) is 3.20. The van der Waals surface area contributed by atoms with Gasteiger partial charge in [-0.25, -0.2) is 9.18 Å². The molecule has 0 bridgehead atoms. The Bertz CT molecular complexity index is 633. The van der Waals surface area contributed by atoms with Gasteiger partial charge in [0.2, 0.25) is 0 Å². The Morgan fingerprint density at radius 2 is 1.85 bits per heavy atom. The zero-order chi connectivity index (χ0) is 14.7. The van der Waals surface area contributed by atoms with Crippen molar-refractivity contribution in [2.24, 2.45) is 0 Å². The number of aromatic carboxylic acids is 1. The molecule has 2 rings (SSSR count). The SMILES string of the molecule is Cc1cccc(C)c1CSc1cc(C(=O)O)ccc1F. The molecule has 0 spiro atoms. The topological polar surface area (TPSA) is 37.3 Å². The molecule has 1 N–H and O–H groups in total. The van der Waals surface area contributed by atoms with Crippen LogP contribution in [-0.2, 0) is 5.75 Å². The highest BCUT2D eigenvalue weighted by atomic mass is 32.2. The first-order chi connectivity index (χ1) is 9.49. The van der Waals surface area contributed by atoms with Crippen molar-refractivity contribution in [2.45, 2.75) is 24.5 Å². The Balaban J connectivity index is 2.23. The second kappa shape index (κ2) is 6.09. The molecule has 0 radical (unpaired) electrons. The maximum absolute atomic E-state index is 13.7. The summed E-state index contributed by atoms with van der Waals surface area (Å²) in [5.41, 5.74) is 3.59. The second-order valence-electron chi connectivity index (χ2n) is 4.61. The molecule has 0 saturated carbocycles. The molecule has 0 unspecified atom stereocenters. The van der Waals surface area contributed by atoms with Gasteiger partial charge in [0.05, 0.1) is 5.56 Å². The highest BCUT2D eigenvalue weighted by molar-refractivity contribution is 7.98. The molecular weight excluding hydrogens is 275 g/mol. The highest BCUT2D eigenvalue weighted by Gasteiger charge is 2.10. The maximum atomic E-state index is 13.7. The highest BCUT2D eigenvalue weighted by Crippen LogP contribution is 2.29. The van der Waals surface area contributed by atoms with E-state index in [2.05, 4.69) is 0 Å². The van der Waals surface area contributed by atoms with E-state index >= 15 is 0 Å². The first kappa shape index (κ1) is 14.6. The van der Waals surface area contributed by atoms with Crippen LogP contribution in [0.25, 0.3) is 0 Å². The van der Waals surface area contributed by atoms with Crippen molar-refractivity contribution in [1.29, 1.82) is 0 Å². The fourth-order valence-electron chi connectivity index (χ4n) is 1.97. The van der Waals surface area contributed by atoms with Crippen LogP contribution in [0.1, 0.15) is 27.0 Å². The van der Waals surface area contributed by atoms with Crippen LogP contribution in [0.5, 0.6) is 0 Å². The molecular formula is C16H15FO2S. The monoisotopic (exact) mass is 290 g/mol. The molecule has 0 atom stereocenters. The molecule has 0 heterocycles. The van der Waals surface area contributed by atoms with Gasteiger partial charge in [-0.2, -0.15) is 0 Å². The molecule has 0 saturated heterocycles. The van der Waals surface area contributed by atoms with Crippen LogP contribution in [0.4, 0.5) is 4.39 Å². The summed E-state index contributed by atoms with van der Waals surface area (Å²) in [7, 11) is 0. The Hall–Kier alpha value is -1.81. The van der Waals surface area contributed by atoms with Gasteiger partial charge >= 0.3 is 5.97 Å². The minimum atomic E-state index is -1.04. The van der Waals surface area contributed by atoms with Crippen LogP contribution in [0.3, 0.4) is 0 Å². The Morgan fingerprint density at radius 1 is 1.20 bits per heavy atom. The van der Waals surface area contributed by atoms with Crippen LogP contribution >= 0.6 is 11.8 Å². The number of rotatable bonds is 4. The third-order valence-corrected chi connectivity index (χ3v) is 4.25. The number of carboxylic acids is 1. The maximum Gasteiger partial charge on any atom is 0.335 e. The number of halogens is 1. The number of carbonyl (C=O) groups is 1. The largest absolute Gasteiger partial charge is 0.478 e. The molecule has 20 heavy (non-hydrogen) atoms. The van der Waals surface area contributed by atoms with Crippen molar-refractivity contribution >= 4 is 17.7 Å². The van der Waals surface area contributed by atoms with Gasteiger partial charge in [-0.15, -0.1) is 11.8 Å². The average Bonchev–Trinajstić information content (AvgIpc) is 2.39. The molecule has 4 heteroatoms. The van der Waals surface area contributed by atoms with Gasteiger partial charge in [-0.1, -0.05) is 18.2 Å². The van der Waals surface area contributed by atoms with E-state index < -0.39 is 5.97 Å². The lowest BCUT2D eigenvalue weighted by Gasteiger charge is -2.10. The predicted molar refractivity (Wildman–Crippen MR) is 78.8 cm³/mol. The standard InChI is InChI=1S/C16H15FO2S/c1-10-4-3-5-11(2)13(10)9-20-15-8-12(16(18)19)6-7-14(15)17/h3-8H,9H2,1-2H3,(H,18,19). The number of hydrogen-bond donors (Lipinski definition) is 1. The predicted octanol–water partition coefficient (Wildman–Crippen LogP) is 4.43. The van der Waals surface area contributed by atoms with Crippen LogP contribution in [0.15, 0.2) is 41.3 Å². The lowest BCUT2D eigenvalue weighted by molar-refractivity contribution is 0.0696. The molecule has 0 aromatic heterocycles. The van der Waals surface area contributed by atoms with E-state index in [4.69, 9.17) is 5.11 Å². The van der Waals surface area contributed by atoms with Crippen LogP contribution < -0.4 is 0 Å². The second-order valence-corrected chi connectivity index (χ2v) is 5.63. The number of carboxylic acid groups (broad SMARTS) is 1. The van der Waals surface area contributed by atoms with Gasteiger partial charge in [-0.05, 0) is 48.7 Å². The number of benzene rings is 2. The van der Waals surface area contributed by atoms with Gasteiger partial charge in [0.15, 0.2) is 0 Å². The summed E-state index contributed by atoms with van der Waals surface area (Å²) in [6, 6.07) is 9.90. The van der Waals surface area contributed by atoms with Crippen LogP contribution in [0.2, 0.25) is 0 Å². The van der Waals surface area contributed by atoms with Gasteiger partial charge in [-0.3, -0.25) is 0 Å². The van der Waals surface area contributed by atoms with E-state index in [1.54, 1.807) is 0 Å².